The van der Waals surface area contributed by atoms with Crippen LogP contribution in [0, 0.1) is 3.57 Å². The summed E-state index contributed by atoms with van der Waals surface area (Å²) in [5.41, 5.74) is 1.80. The largest absolute Gasteiger partial charge is 0.316 e. The lowest BCUT2D eigenvalue weighted by Gasteiger charge is -2.24. The van der Waals surface area contributed by atoms with Crippen LogP contribution >= 0.6 is 34.4 Å². The summed E-state index contributed by atoms with van der Waals surface area (Å²) in [5.74, 6) is 0.0126. The van der Waals surface area contributed by atoms with Crippen LogP contribution in [0.15, 0.2) is 59.6 Å². The third-order valence-electron chi connectivity index (χ3n) is 4.57. The van der Waals surface area contributed by atoms with Gasteiger partial charge in [0.1, 0.15) is 0 Å². The van der Waals surface area contributed by atoms with Crippen molar-refractivity contribution in [2.24, 2.45) is 4.99 Å². The summed E-state index contributed by atoms with van der Waals surface area (Å²) in [6.07, 6.45) is 0.235. The Kier molecular flexibility index (Phi) is 5.30. The summed E-state index contributed by atoms with van der Waals surface area (Å²) >= 11 is 3.63. The Bertz CT molecular complexity index is 1010. The summed E-state index contributed by atoms with van der Waals surface area (Å²) in [6.45, 7) is 0. The molecule has 2 saturated heterocycles. The molecule has 0 radical (unpaired) electrons. The van der Waals surface area contributed by atoms with Gasteiger partial charge in [0, 0.05) is 14.5 Å². The van der Waals surface area contributed by atoms with Crippen molar-refractivity contribution < 1.29 is 13.2 Å². The van der Waals surface area contributed by atoms with E-state index >= 15 is 0 Å². The van der Waals surface area contributed by atoms with Crippen LogP contribution < -0.4 is 4.90 Å². The number of hydrogen-bond acceptors (Lipinski definition) is 4. The summed E-state index contributed by atoms with van der Waals surface area (Å²) in [5, 5.41) is 0.513. The maximum Gasteiger partial charge on any atom is 0.252 e. The Morgan fingerprint density at radius 3 is 2.67 bits per heavy atom. The standard InChI is InChI=1S/C19H17IN2O3S2/c20-14-7-4-8-15(10-14)22-16-11-27(24,25)12-17(16)26-19(22)21-18(23)9-13-5-2-1-3-6-13/h1-8,10,16-17H,9,11-12H2. The molecule has 0 spiro atoms. The molecular formula is C19H17IN2O3S2. The Hall–Kier alpha value is -1.39. The van der Waals surface area contributed by atoms with Gasteiger partial charge in [0.25, 0.3) is 5.91 Å². The number of aliphatic imine (C=N–C) groups is 1. The molecule has 140 valence electrons. The molecule has 5 nitrogen and oxygen atoms in total. The monoisotopic (exact) mass is 512 g/mol. The number of thioether (sulfide) groups is 1. The Morgan fingerprint density at radius 1 is 1.15 bits per heavy atom. The number of carbonyl (C=O) groups excluding carboxylic acids is 1. The number of fused-ring (bicyclic) bond motifs is 1. The van der Waals surface area contributed by atoms with Gasteiger partial charge in [0.2, 0.25) is 0 Å². The lowest BCUT2D eigenvalue weighted by atomic mass is 10.1. The van der Waals surface area contributed by atoms with E-state index in [1.54, 1.807) is 0 Å². The first-order valence-electron chi connectivity index (χ1n) is 8.49. The maximum atomic E-state index is 12.5. The second-order valence-corrected chi connectivity index (χ2v) is 11.2. The number of rotatable bonds is 3. The van der Waals surface area contributed by atoms with Crippen molar-refractivity contribution in [1.29, 1.82) is 0 Å². The topological polar surface area (TPSA) is 66.8 Å². The van der Waals surface area contributed by atoms with Crippen molar-refractivity contribution >= 4 is 61.0 Å². The Morgan fingerprint density at radius 2 is 1.93 bits per heavy atom. The lowest BCUT2D eigenvalue weighted by molar-refractivity contribution is -0.117. The molecule has 8 heteroatoms. The maximum absolute atomic E-state index is 12.5. The predicted octanol–water partition coefficient (Wildman–Crippen LogP) is 3.14. The van der Waals surface area contributed by atoms with Gasteiger partial charge in [-0.25, -0.2) is 8.42 Å². The molecule has 4 rings (SSSR count). The fourth-order valence-corrected chi connectivity index (χ4v) is 7.87. The highest BCUT2D eigenvalue weighted by Gasteiger charge is 2.49. The fraction of sp³-hybridized carbons (Fsp3) is 0.263. The molecule has 0 aliphatic carbocycles. The number of amides is 1. The van der Waals surface area contributed by atoms with Crippen LogP contribution in [-0.4, -0.2) is 42.3 Å². The molecule has 2 aliphatic rings. The van der Waals surface area contributed by atoms with Gasteiger partial charge in [-0.2, -0.15) is 4.99 Å². The van der Waals surface area contributed by atoms with Crippen LogP contribution in [0.4, 0.5) is 5.69 Å². The molecule has 2 aliphatic heterocycles. The van der Waals surface area contributed by atoms with E-state index in [0.717, 1.165) is 14.8 Å². The van der Waals surface area contributed by atoms with Crippen LogP contribution in [0.1, 0.15) is 5.56 Å². The van der Waals surface area contributed by atoms with E-state index in [1.165, 1.54) is 11.8 Å². The first-order chi connectivity index (χ1) is 12.9. The van der Waals surface area contributed by atoms with E-state index in [0.29, 0.717) is 5.17 Å². The number of carbonyl (C=O) groups is 1. The van der Waals surface area contributed by atoms with Crippen molar-refractivity contribution in [3.05, 3.63) is 63.7 Å². The van der Waals surface area contributed by atoms with Crippen LogP contribution in [0.2, 0.25) is 0 Å². The normalized spacial score (nSPS) is 24.9. The van der Waals surface area contributed by atoms with Crippen LogP contribution in [0.3, 0.4) is 0 Å². The van der Waals surface area contributed by atoms with Gasteiger partial charge in [0.05, 0.1) is 24.0 Å². The average Bonchev–Trinajstić information content (AvgIpc) is 3.06. The SMILES string of the molecule is O=C(Cc1ccccc1)N=C1SC2CS(=O)(=O)CC2N1c1cccc(I)c1. The van der Waals surface area contributed by atoms with E-state index in [4.69, 9.17) is 0 Å². The number of benzene rings is 2. The summed E-state index contributed by atoms with van der Waals surface area (Å²) in [6, 6.07) is 17.2. The molecule has 1 amide bonds. The van der Waals surface area contributed by atoms with Gasteiger partial charge < -0.3 is 4.90 Å². The Labute approximate surface area is 176 Å². The van der Waals surface area contributed by atoms with Crippen LogP contribution in [-0.2, 0) is 21.1 Å². The van der Waals surface area contributed by atoms with Crippen molar-refractivity contribution in [3.8, 4) is 0 Å². The first kappa shape index (κ1) is 18.9. The van der Waals surface area contributed by atoms with E-state index < -0.39 is 9.84 Å². The third-order valence-corrected chi connectivity index (χ3v) is 8.45. The molecule has 0 N–H and O–H groups in total. The van der Waals surface area contributed by atoms with E-state index in [1.807, 2.05) is 59.5 Å². The number of hydrogen-bond donors (Lipinski definition) is 0. The zero-order chi connectivity index (χ0) is 19.0. The van der Waals surface area contributed by atoms with Gasteiger partial charge in [-0.05, 0) is 46.4 Å². The first-order valence-corrected chi connectivity index (χ1v) is 12.3. The average molecular weight is 512 g/mol. The van der Waals surface area contributed by atoms with Crippen molar-refractivity contribution in [1.82, 2.24) is 0 Å². The van der Waals surface area contributed by atoms with Gasteiger partial charge in [0.15, 0.2) is 15.0 Å². The molecule has 2 aromatic carbocycles. The zero-order valence-electron chi connectivity index (χ0n) is 14.3. The highest BCUT2D eigenvalue weighted by atomic mass is 127. The summed E-state index contributed by atoms with van der Waals surface area (Å²) in [4.78, 5) is 18.8. The van der Waals surface area contributed by atoms with Crippen LogP contribution in [0.5, 0.6) is 0 Å². The molecule has 27 heavy (non-hydrogen) atoms. The van der Waals surface area contributed by atoms with E-state index in [2.05, 4.69) is 27.6 Å². The summed E-state index contributed by atoms with van der Waals surface area (Å²) < 4.78 is 25.3. The fourth-order valence-electron chi connectivity index (χ4n) is 3.41. The van der Waals surface area contributed by atoms with Crippen LogP contribution in [0.25, 0.3) is 0 Å². The minimum atomic E-state index is -3.06. The highest BCUT2D eigenvalue weighted by molar-refractivity contribution is 14.1. The molecule has 2 unspecified atom stereocenters. The van der Waals surface area contributed by atoms with E-state index in [9.17, 15) is 13.2 Å². The third kappa shape index (κ3) is 4.22. The molecule has 2 atom stereocenters. The lowest BCUT2D eigenvalue weighted by Crippen LogP contribution is -2.37. The van der Waals surface area contributed by atoms with Crippen molar-refractivity contribution in [3.63, 3.8) is 0 Å². The molecule has 0 saturated carbocycles. The molecule has 2 aromatic rings. The predicted molar refractivity (Wildman–Crippen MR) is 118 cm³/mol. The smallest absolute Gasteiger partial charge is 0.252 e. The van der Waals surface area contributed by atoms with Gasteiger partial charge in [-0.1, -0.05) is 48.2 Å². The Balaban J connectivity index is 1.65. The molecule has 0 aromatic heterocycles. The minimum Gasteiger partial charge on any atom is -0.316 e. The van der Waals surface area contributed by atoms with Gasteiger partial charge >= 0.3 is 0 Å². The molecule has 0 bridgehead atoms. The summed E-state index contributed by atoms with van der Waals surface area (Å²) in [7, 11) is -3.06. The minimum absolute atomic E-state index is 0.0869. The number of halogens is 1. The molecule has 2 fully saturated rings. The quantitative estimate of drug-likeness (QED) is 0.592. The molecular weight excluding hydrogens is 495 g/mol. The van der Waals surface area contributed by atoms with Crippen molar-refractivity contribution in [2.75, 3.05) is 16.4 Å². The number of amidine groups is 1. The number of sulfone groups is 1. The second kappa shape index (κ2) is 7.56. The number of anilines is 1. The van der Waals surface area contributed by atoms with Gasteiger partial charge in [-0.15, -0.1) is 0 Å². The van der Waals surface area contributed by atoms with E-state index in [-0.39, 0.29) is 35.1 Å². The second-order valence-electron chi connectivity index (χ2n) is 6.60. The zero-order valence-corrected chi connectivity index (χ0v) is 18.1. The van der Waals surface area contributed by atoms with Gasteiger partial charge in [-0.3, -0.25) is 4.79 Å². The highest BCUT2D eigenvalue weighted by Crippen LogP contribution is 2.41. The number of nitrogens with zero attached hydrogens (tertiary/aromatic N) is 2. The van der Waals surface area contributed by atoms with Crippen molar-refractivity contribution in [2.45, 2.75) is 17.7 Å². The molecule has 2 heterocycles.